The van der Waals surface area contributed by atoms with Crippen LogP contribution in [-0.4, -0.2) is 11.8 Å². The number of amides is 2. The summed E-state index contributed by atoms with van der Waals surface area (Å²) in [6, 6.07) is 16.6. The predicted octanol–water partition coefficient (Wildman–Crippen LogP) is 6.14. The number of nitrogens with one attached hydrogen (secondary N) is 2. The lowest BCUT2D eigenvalue weighted by Crippen LogP contribution is -2.19. The Hall–Kier alpha value is -2.44. The highest BCUT2D eigenvalue weighted by atomic mass is 79.9. The predicted molar refractivity (Wildman–Crippen MR) is 122 cm³/mol. The van der Waals surface area contributed by atoms with E-state index in [0.29, 0.717) is 22.0 Å². The molecule has 0 fully saturated rings. The van der Waals surface area contributed by atoms with E-state index in [4.69, 9.17) is 0 Å². The fourth-order valence-corrected chi connectivity index (χ4v) is 5.24. The lowest BCUT2D eigenvalue weighted by atomic mass is 9.88. The Morgan fingerprint density at radius 3 is 2.45 bits per heavy atom. The average Bonchev–Trinajstić information content (AvgIpc) is 3.06. The van der Waals surface area contributed by atoms with Crippen molar-refractivity contribution in [1.82, 2.24) is 0 Å². The minimum Gasteiger partial charge on any atom is -0.322 e. The zero-order valence-corrected chi connectivity index (χ0v) is 18.4. The minimum atomic E-state index is -0.210. The van der Waals surface area contributed by atoms with Gasteiger partial charge in [0, 0.05) is 20.6 Å². The van der Waals surface area contributed by atoms with E-state index in [1.807, 2.05) is 42.5 Å². The Morgan fingerprint density at radius 2 is 1.72 bits per heavy atom. The number of para-hydroxylation sites is 1. The van der Waals surface area contributed by atoms with Gasteiger partial charge in [-0.15, -0.1) is 11.3 Å². The summed E-state index contributed by atoms with van der Waals surface area (Å²) >= 11 is 4.91. The van der Waals surface area contributed by atoms with Crippen LogP contribution in [0.2, 0.25) is 0 Å². The second-order valence-corrected chi connectivity index (χ2v) is 9.36. The molecule has 0 saturated heterocycles. The largest absolute Gasteiger partial charge is 0.322 e. The van der Waals surface area contributed by atoms with Crippen LogP contribution in [0.3, 0.4) is 0 Å². The van der Waals surface area contributed by atoms with Gasteiger partial charge in [0.1, 0.15) is 5.00 Å². The molecule has 1 aliphatic carbocycles. The Bertz CT molecular complexity index is 1040. The Labute approximate surface area is 182 Å². The molecule has 0 saturated carbocycles. The maximum atomic E-state index is 13.2. The van der Waals surface area contributed by atoms with Gasteiger partial charge in [-0.3, -0.25) is 9.59 Å². The third-order valence-corrected chi connectivity index (χ3v) is 6.80. The zero-order chi connectivity index (χ0) is 20.4. The molecule has 0 unspecified atom stereocenters. The number of thiophene rings is 1. The lowest BCUT2D eigenvalue weighted by molar-refractivity contribution is 0.102. The molecule has 0 spiro atoms. The van der Waals surface area contributed by atoms with E-state index in [1.165, 1.54) is 16.2 Å². The monoisotopic (exact) mass is 468 g/mol. The fraction of sp³-hybridized carbons (Fsp3) is 0.217. The number of halogens is 1. The van der Waals surface area contributed by atoms with Crippen LogP contribution in [0.25, 0.3) is 0 Å². The molecule has 6 heteroatoms. The number of anilines is 2. The fourth-order valence-electron chi connectivity index (χ4n) is 3.57. The molecule has 2 aromatic carbocycles. The Morgan fingerprint density at radius 1 is 1.00 bits per heavy atom. The summed E-state index contributed by atoms with van der Waals surface area (Å²) in [7, 11) is 0. The molecule has 0 bridgehead atoms. The topological polar surface area (TPSA) is 58.2 Å². The number of carbonyl (C=O) groups excluding carboxylic acids is 2. The van der Waals surface area contributed by atoms with Crippen LogP contribution < -0.4 is 10.6 Å². The highest BCUT2D eigenvalue weighted by Gasteiger charge is 2.28. The first-order valence-corrected chi connectivity index (χ1v) is 11.2. The molecule has 1 aliphatic rings. The van der Waals surface area contributed by atoms with Crippen molar-refractivity contribution in [3.8, 4) is 0 Å². The van der Waals surface area contributed by atoms with E-state index in [2.05, 4.69) is 33.5 Å². The number of carbonyl (C=O) groups is 2. The van der Waals surface area contributed by atoms with Crippen molar-refractivity contribution in [2.24, 2.45) is 5.92 Å². The number of hydrogen-bond acceptors (Lipinski definition) is 3. The summed E-state index contributed by atoms with van der Waals surface area (Å²) < 4.78 is 0.914. The molecule has 4 nitrogen and oxygen atoms in total. The van der Waals surface area contributed by atoms with Gasteiger partial charge in [0.25, 0.3) is 11.8 Å². The van der Waals surface area contributed by atoms with E-state index >= 15 is 0 Å². The third kappa shape index (κ3) is 4.43. The van der Waals surface area contributed by atoms with Crippen molar-refractivity contribution >= 4 is 49.8 Å². The molecule has 1 atom stereocenters. The summed E-state index contributed by atoms with van der Waals surface area (Å²) in [6.45, 7) is 2.23. The van der Waals surface area contributed by atoms with Crippen LogP contribution in [0.15, 0.2) is 59.1 Å². The number of rotatable bonds is 4. The van der Waals surface area contributed by atoms with E-state index < -0.39 is 0 Å². The third-order valence-electron chi connectivity index (χ3n) is 5.10. The molecular weight excluding hydrogens is 448 g/mol. The average molecular weight is 469 g/mol. The summed E-state index contributed by atoms with van der Waals surface area (Å²) in [6.07, 6.45) is 2.86. The van der Waals surface area contributed by atoms with Crippen molar-refractivity contribution < 1.29 is 9.59 Å². The van der Waals surface area contributed by atoms with Crippen LogP contribution in [0.4, 0.5) is 10.7 Å². The van der Waals surface area contributed by atoms with Gasteiger partial charge in [-0.05, 0) is 67.1 Å². The van der Waals surface area contributed by atoms with Gasteiger partial charge in [0.05, 0.1) is 5.56 Å². The molecule has 1 heterocycles. The molecule has 29 heavy (non-hydrogen) atoms. The van der Waals surface area contributed by atoms with Gasteiger partial charge in [-0.1, -0.05) is 41.1 Å². The van der Waals surface area contributed by atoms with Crippen molar-refractivity contribution in [3.63, 3.8) is 0 Å². The van der Waals surface area contributed by atoms with Crippen molar-refractivity contribution in [3.05, 3.63) is 80.6 Å². The van der Waals surface area contributed by atoms with Gasteiger partial charge in [0.2, 0.25) is 0 Å². The first-order chi connectivity index (χ1) is 14.0. The van der Waals surface area contributed by atoms with Crippen LogP contribution in [-0.2, 0) is 12.8 Å². The standard InChI is InChI=1S/C23H21BrN2O2S/c1-14-7-12-18-19(13-14)29-23(26-21(27)15-8-10-16(24)11-9-15)20(18)22(28)25-17-5-3-2-4-6-17/h2-6,8-11,14H,7,12-13H2,1H3,(H,25,28)(H,26,27)/t14-/m0/s1. The smallest absolute Gasteiger partial charge is 0.258 e. The maximum Gasteiger partial charge on any atom is 0.258 e. The van der Waals surface area contributed by atoms with Gasteiger partial charge in [0.15, 0.2) is 0 Å². The second-order valence-electron chi connectivity index (χ2n) is 7.34. The van der Waals surface area contributed by atoms with Crippen molar-refractivity contribution in [2.45, 2.75) is 26.2 Å². The van der Waals surface area contributed by atoms with Crippen LogP contribution in [0, 0.1) is 5.92 Å². The van der Waals surface area contributed by atoms with E-state index in [9.17, 15) is 9.59 Å². The normalized spacial score (nSPS) is 15.4. The van der Waals surface area contributed by atoms with E-state index in [1.54, 1.807) is 12.1 Å². The Balaban J connectivity index is 1.66. The van der Waals surface area contributed by atoms with Crippen LogP contribution >= 0.6 is 27.3 Å². The summed E-state index contributed by atoms with van der Waals surface area (Å²) in [4.78, 5) is 27.1. The highest BCUT2D eigenvalue weighted by molar-refractivity contribution is 9.10. The molecule has 148 valence electrons. The van der Waals surface area contributed by atoms with Crippen molar-refractivity contribution in [2.75, 3.05) is 10.6 Å². The van der Waals surface area contributed by atoms with Gasteiger partial charge >= 0.3 is 0 Å². The molecule has 1 aromatic heterocycles. The molecule has 2 N–H and O–H groups in total. The maximum absolute atomic E-state index is 13.2. The number of benzene rings is 2. The lowest BCUT2D eigenvalue weighted by Gasteiger charge is -2.18. The molecule has 0 radical (unpaired) electrons. The molecule has 2 amide bonds. The summed E-state index contributed by atoms with van der Waals surface area (Å²) in [5, 5.41) is 6.60. The quantitative estimate of drug-likeness (QED) is 0.482. The SMILES string of the molecule is C[C@H]1CCc2c(sc(NC(=O)c3ccc(Br)cc3)c2C(=O)Nc2ccccc2)C1. The van der Waals surface area contributed by atoms with Gasteiger partial charge in [-0.25, -0.2) is 0 Å². The van der Waals surface area contributed by atoms with Crippen molar-refractivity contribution in [1.29, 1.82) is 0 Å². The summed E-state index contributed by atoms with van der Waals surface area (Å²) in [5.41, 5.74) is 2.98. The first kappa shape index (κ1) is 19.9. The van der Waals surface area contributed by atoms with E-state index in [0.717, 1.165) is 35.0 Å². The Kier molecular flexibility index (Phi) is 5.83. The molecular formula is C23H21BrN2O2S. The van der Waals surface area contributed by atoms with E-state index in [-0.39, 0.29) is 11.8 Å². The molecule has 3 aromatic rings. The highest BCUT2D eigenvalue weighted by Crippen LogP contribution is 2.40. The van der Waals surface area contributed by atoms with Gasteiger partial charge < -0.3 is 10.6 Å². The van der Waals surface area contributed by atoms with Crippen LogP contribution in [0.5, 0.6) is 0 Å². The molecule has 0 aliphatic heterocycles. The second kappa shape index (κ2) is 8.51. The zero-order valence-electron chi connectivity index (χ0n) is 16.0. The number of hydrogen-bond donors (Lipinski definition) is 2. The molecule has 4 rings (SSSR count). The summed E-state index contributed by atoms with van der Waals surface area (Å²) in [5.74, 6) is 0.202. The number of fused-ring (bicyclic) bond motifs is 1. The van der Waals surface area contributed by atoms with Gasteiger partial charge in [-0.2, -0.15) is 0 Å². The van der Waals surface area contributed by atoms with Crippen LogP contribution in [0.1, 0.15) is 44.5 Å². The minimum absolute atomic E-state index is 0.172. The first-order valence-electron chi connectivity index (χ1n) is 9.59.